The van der Waals surface area contributed by atoms with E-state index in [0.29, 0.717) is 23.8 Å². The SMILES string of the molecule is OCc1ccc(OCC2CCC2)c(F)c1. The number of benzene rings is 1. The van der Waals surface area contributed by atoms with E-state index in [9.17, 15) is 4.39 Å². The van der Waals surface area contributed by atoms with Crippen molar-refractivity contribution in [3.05, 3.63) is 29.6 Å². The molecule has 1 aromatic carbocycles. The Morgan fingerprint density at radius 3 is 2.73 bits per heavy atom. The Hall–Kier alpha value is -1.09. The summed E-state index contributed by atoms with van der Waals surface area (Å²) in [5.41, 5.74) is 0.573. The number of aliphatic hydroxyl groups is 1. The van der Waals surface area contributed by atoms with Gasteiger partial charge < -0.3 is 9.84 Å². The van der Waals surface area contributed by atoms with Gasteiger partial charge >= 0.3 is 0 Å². The molecule has 1 aromatic rings. The Morgan fingerprint density at radius 2 is 2.20 bits per heavy atom. The van der Waals surface area contributed by atoms with Crippen LogP contribution in [-0.2, 0) is 6.61 Å². The first-order chi connectivity index (χ1) is 7.29. The lowest BCUT2D eigenvalue weighted by Gasteiger charge is -2.25. The van der Waals surface area contributed by atoms with Crippen molar-refractivity contribution >= 4 is 0 Å². The first kappa shape index (κ1) is 10.4. The molecule has 1 aliphatic carbocycles. The third-order valence-corrected chi connectivity index (χ3v) is 2.88. The average molecular weight is 210 g/mol. The van der Waals surface area contributed by atoms with Gasteiger partial charge in [0.2, 0.25) is 0 Å². The smallest absolute Gasteiger partial charge is 0.165 e. The van der Waals surface area contributed by atoms with E-state index in [1.807, 2.05) is 0 Å². The number of rotatable bonds is 4. The van der Waals surface area contributed by atoms with Crippen molar-refractivity contribution in [1.29, 1.82) is 0 Å². The van der Waals surface area contributed by atoms with Crippen LogP contribution in [0, 0.1) is 11.7 Å². The topological polar surface area (TPSA) is 29.5 Å². The molecule has 2 rings (SSSR count). The van der Waals surface area contributed by atoms with Gasteiger partial charge in [0, 0.05) is 0 Å². The Bertz CT molecular complexity index is 334. The van der Waals surface area contributed by atoms with E-state index in [-0.39, 0.29) is 12.4 Å². The first-order valence-corrected chi connectivity index (χ1v) is 5.31. The standard InChI is InChI=1S/C12H15FO2/c13-11-6-10(7-14)4-5-12(11)15-8-9-2-1-3-9/h4-6,9,14H,1-3,7-8H2. The van der Waals surface area contributed by atoms with Gasteiger partial charge in [-0.25, -0.2) is 4.39 Å². The van der Waals surface area contributed by atoms with Gasteiger partial charge in [0.25, 0.3) is 0 Å². The molecule has 1 fully saturated rings. The van der Waals surface area contributed by atoms with Crippen LogP contribution in [0.3, 0.4) is 0 Å². The van der Waals surface area contributed by atoms with Crippen molar-refractivity contribution in [1.82, 2.24) is 0 Å². The van der Waals surface area contributed by atoms with Crippen molar-refractivity contribution in [2.45, 2.75) is 25.9 Å². The minimum atomic E-state index is -0.388. The van der Waals surface area contributed by atoms with Crippen molar-refractivity contribution in [2.24, 2.45) is 5.92 Å². The molecule has 0 bridgehead atoms. The number of halogens is 1. The monoisotopic (exact) mass is 210 g/mol. The summed E-state index contributed by atoms with van der Waals surface area (Å²) in [4.78, 5) is 0. The molecule has 3 heteroatoms. The van der Waals surface area contributed by atoms with Gasteiger partial charge in [0.05, 0.1) is 13.2 Å². The normalized spacial score (nSPS) is 16.1. The van der Waals surface area contributed by atoms with Crippen molar-refractivity contribution in [3.8, 4) is 5.75 Å². The fourth-order valence-electron chi connectivity index (χ4n) is 1.63. The summed E-state index contributed by atoms with van der Waals surface area (Å²) in [5.74, 6) is 0.502. The van der Waals surface area contributed by atoms with Gasteiger partial charge in [-0.1, -0.05) is 12.5 Å². The lowest BCUT2D eigenvalue weighted by Crippen LogP contribution is -2.19. The molecule has 0 heterocycles. The molecular weight excluding hydrogens is 195 g/mol. The molecule has 0 saturated heterocycles. The molecule has 0 amide bonds. The van der Waals surface area contributed by atoms with E-state index >= 15 is 0 Å². The number of aliphatic hydroxyl groups excluding tert-OH is 1. The molecule has 2 nitrogen and oxygen atoms in total. The van der Waals surface area contributed by atoms with Gasteiger partial charge in [-0.3, -0.25) is 0 Å². The molecule has 1 saturated carbocycles. The van der Waals surface area contributed by atoms with Gasteiger partial charge in [0.1, 0.15) is 0 Å². The highest BCUT2D eigenvalue weighted by molar-refractivity contribution is 5.28. The summed E-state index contributed by atoms with van der Waals surface area (Å²) in [6, 6.07) is 4.58. The van der Waals surface area contributed by atoms with E-state index in [1.54, 1.807) is 12.1 Å². The summed E-state index contributed by atoms with van der Waals surface area (Å²) < 4.78 is 18.8. The molecular formula is C12H15FO2. The Morgan fingerprint density at radius 1 is 1.40 bits per heavy atom. The highest BCUT2D eigenvalue weighted by atomic mass is 19.1. The second-order valence-corrected chi connectivity index (χ2v) is 4.03. The van der Waals surface area contributed by atoms with E-state index in [1.165, 1.54) is 25.3 Å². The number of ether oxygens (including phenoxy) is 1. The second kappa shape index (κ2) is 4.62. The van der Waals surface area contributed by atoms with Gasteiger partial charge in [-0.15, -0.1) is 0 Å². The predicted octanol–water partition coefficient (Wildman–Crippen LogP) is 2.50. The molecule has 82 valence electrons. The molecule has 0 unspecified atom stereocenters. The Kier molecular flexibility index (Phi) is 3.21. The van der Waals surface area contributed by atoms with E-state index in [2.05, 4.69) is 0 Å². The molecule has 15 heavy (non-hydrogen) atoms. The zero-order valence-corrected chi connectivity index (χ0v) is 8.58. The molecule has 0 aromatic heterocycles. The number of hydrogen-bond acceptors (Lipinski definition) is 2. The van der Waals surface area contributed by atoms with Crippen LogP contribution >= 0.6 is 0 Å². The lowest BCUT2D eigenvalue weighted by molar-refractivity contribution is 0.175. The molecule has 0 spiro atoms. The van der Waals surface area contributed by atoms with Crippen LogP contribution in [0.5, 0.6) is 5.75 Å². The average Bonchev–Trinajstić information content (AvgIpc) is 2.18. The number of hydrogen-bond donors (Lipinski definition) is 1. The maximum absolute atomic E-state index is 13.4. The fourth-order valence-corrected chi connectivity index (χ4v) is 1.63. The van der Waals surface area contributed by atoms with E-state index in [0.717, 1.165) is 0 Å². The highest BCUT2D eigenvalue weighted by Gasteiger charge is 2.18. The molecule has 1 aliphatic rings. The van der Waals surface area contributed by atoms with Gasteiger partial charge in [0.15, 0.2) is 11.6 Å². The first-order valence-electron chi connectivity index (χ1n) is 5.31. The van der Waals surface area contributed by atoms with Crippen LogP contribution in [0.4, 0.5) is 4.39 Å². The summed E-state index contributed by atoms with van der Waals surface area (Å²) >= 11 is 0. The quantitative estimate of drug-likeness (QED) is 0.827. The maximum Gasteiger partial charge on any atom is 0.165 e. The largest absolute Gasteiger partial charge is 0.490 e. The van der Waals surface area contributed by atoms with Gasteiger partial charge in [-0.05, 0) is 36.5 Å². The van der Waals surface area contributed by atoms with Crippen molar-refractivity contribution in [3.63, 3.8) is 0 Å². The summed E-state index contributed by atoms with van der Waals surface area (Å²) in [7, 11) is 0. The van der Waals surface area contributed by atoms with Crippen molar-refractivity contribution < 1.29 is 14.2 Å². The molecule has 1 N–H and O–H groups in total. The van der Waals surface area contributed by atoms with Crippen LogP contribution < -0.4 is 4.74 Å². The summed E-state index contributed by atoms with van der Waals surface area (Å²) in [5, 5.41) is 8.81. The zero-order valence-electron chi connectivity index (χ0n) is 8.58. The molecule has 0 aliphatic heterocycles. The minimum Gasteiger partial charge on any atom is -0.490 e. The molecule has 0 atom stereocenters. The maximum atomic E-state index is 13.4. The van der Waals surface area contributed by atoms with E-state index in [4.69, 9.17) is 9.84 Å². The Labute approximate surface area is 88.7 Å². The highest BCUT2D eigenvalue weighted by Crippen LogP contribution is 2.28. The van der Waals surface area contributed by atoms with E-state index < -0.39 is 0 Å². The van der Waals surface area contributed by atoms with Crippen LogP contribution in [-0.4, -0.2) is 11.7 Å². The van der Waals surface area contributed by atoms with Gasteiger partial charge in [-0.2, -0.15) is 0 Å². The third-order valence-electron chi connectivity index (χ3n) is 2.88. The molecule has 0 radical (unpaired) electrons. The predicted molar refractivity (Wildman–Crippen MR) is 55.2 cm³/mol. The third kappa shape index (κ3) is 2.48. The summed E-state index contributed by atoms with van der Waals surface area (Å²) in [6.07, 6.45) is 3.65. The van der Waals surface area contributed by atoms with Crippen molar-refractivity contribution in [2.75, 3.05) is 6.61 Å². The minimum absolute atomic E-state index is 0.139. The fraction of sp³-hybridized carbons (Fsp3) is 0.500. The van der Waals surface area contributed by atoms with Crippen LogP contribution in [0.2, 0.25) is 0 Å². The second-order valence-electron chi connectivity index (χ2n) is 4.03. The summed E-state index contributed by atoms with van der Waals surface area (Å²) in [6.45, 7) is 0.467. The zero-order chi connectivity index (χ0) is 10.7. The lowest BCUT2D eigenvalue weighted by atomic mass is 9.86. The Balaban J connectivity index is 1.95. The van der Waals surface area contributed by atoms with Crippen LogP contribution in [0.15, 0.2) is 18.2 Å². The van der Waals surface area contributed by atoms with Crippen LogP contribution in [0.1, 0.15) is 24.8 Å². The van der Waals surface area contributed by atoms with Crippen LogP contribution in [0.25, 0.3) is 0 Å².